The molecule has 30 heavy (non-hydrogen) atoms. The lowest BCUT2D eigenvalue weighted by Gasteiger charge is -2.09. The number of esters is 1. The first-order valence-corrected chi connectivity index (χ1v) is 9.99. The van der Waals surface area contributed by atoms with Crippen molar-refractivity contribution in [3.8, 4) is 5.69 Å². The van der Waals surface area contributed by atoms with E-state index < -0.39 is 0 Å². The van der Waals surface area contributed by atoms with Crippen LogP contribution in [0.5, 0.6) is 0 Å². The molecule has 3 rings (SSSR count). The van der Waals surface area contributed by atoms with Crippen LogP contribution in [0, 0.1) is 6.92 Å². The number of anilines is 1. The molecule has 7 heteroatoms. The molecule has 2 aromatic carbocycles. The number of amides is 1. The number of nitrogens with one attached hydrogen (secondary N) is 2. The molecule has 0 aliphatic heterocycles. The Hall–Kier alpha value is -3.61. The lowest BCUT2D eigenvalue weighted by atomic mass is 10.2. The van der Waals surface area contributed by atoms with Crippen molar-refractivity contribution in [1.29, 1.82) is 0 Å². The van der Waals surface area contributed by atoms with E-state index in [1.165, 1.54) is 6.20 Å². The normalized spacial score (nSPS) is 10.5. The molecule has 7 nitrogen and oxygen atoms in total. The first-order chi connectivity index (χ1) is 14.6. The third kappa shape index (κ3) is 5.26. The van der Waals surface area contributed by atoms with Crippen LogP contribution in [0.1, 0.15) is 39.8 Å². The Morgan fingerprint density at radius 1 is 1.03 bits per heavy atom. The SMILES string of the molecule is CCOC(=O)c1cnn(-c2ccc(C(=O)NCCCNc3ccccc3)cc2)c1C. The number of carbonyl (C=O) groups excluding carboxylic acids is 2. The van der Waals surface area contributed by atoms with Crippen molar-refractivity contribution in [1.82, 2.24) is 15.1 Å². The van der Waals surface area contributed by atoms with Crippen LogP contribution in [0.3, 0.4) is 0 Å². The van der Waals surface area contributed by atoms with E-state index in [9.17, 15) is 9.59 Å². The summed E-state index contributed by atoms with van der Waals surface area (Å²) >= 11 is 0. The highest BCUT2D eigenvalue weighted by molar-refractivity contribution is 5.94. The topological polar surface area (TPSA) is 85.2 Å². The number of carbonyl (C=O) groups is 2. The van der Waals surface area contributed by atoms with Crippen LogP contribution in [-0.4, -0.2) is 41.4 Å². The molecule has 0 unspecified atom stereocenters. The number of nitrogens with zero attached hydrogens (tertiary/aromatic N) is 2. The van der Waals surface area contributed by atoms with Gasteiger partial charge in [0.05, 0.1) is 24.2 Å². The highest BCUT2D eigenvalue weighted by Gasteiger charge is 2.16. The number of ether oxygens (including phenoxy) is 1. The molecule has 1 heterocycles. The lowest BCUT2D eigenvalue weighted by Crippen LogP contribution is -2.25. The van der Waals surface area contributed by atoms with E-state index in [2.05, 4.69) is 15.7 Å². The van der Waals surface area contributed by atoms with E-state index in [-0.39, 0.29) is 11.9 Å². The van der Waals surface area contributed by atoms with E-state index >= 15 is 0 Å². The van der Waals surface area contributed by atoms with E-state index in [0.29, 0.717) is 30.0 Å². The van der Waals surface area contributed by atoms with Crippen molar-refractivity contribution in [3.63, 3.8) is 0 Å². The minimum atomic E-state index is -0.390. The monoisotopic (exact) mass is 406 g/mol. The Morgan fingerprint density at radius 3 is 2.47 bits per heavy atom. The fourth-order valence-electron chi connectivity index (χ4n) is 3.01. The molecule has 2 N–H and O–H groups in total. The summed E-state index contributed by atoms with van der Waals surface area (Å²) in [5, 5.41) is 10.5. The van der Waals surface area contributed by atoms with E-state index in [1.807, 2.05) is 37.3 Å². The van der Waals surface area contributed by atoms with Crippen LogP contribution in [0.25, 0.3) is 5.69 Å². The van der Waals surface area contributed by atoms with Gasteiger partial charge in [-0.2, -0.15) is 5.10 Å². The van der Waals surface area contributed by atoms with Gasteiger partial charge in [-0.25, -0.2) is 9.48 Å². The van der Waals surface area contributed by atoms with E-state index in [0.717, 1.165) is 24.3 Å². The minimum Gasteiger partial charge on any atom is -0.462 e. The van der Waals surface area contributed by atoms with Gasteiger partial charge in [0.25, 0.3) is 5.91 Å². The Bertz CT molecular complexity index is 981. The number of rotatable bonds is 9. The third-order valence-corrected chi connectivity index (χ3v) is 4.62. The van der Waals surface area contributed by atoms with Crippen molar-refractivity contribution in [2.75, 3.05) is 25.0 Å². The molecule has 1 aromatic heterocycles. The summed E-state index contributed by atoms with van der Waals surface area (Å²) in [7, 11) is 0. The molecule has 156 valence electrons. The molecule has 0 atom stereocenters. The lowest BCUT2D eigenvalue weighted by molar-refractivity contribution is 0.0525. The molecule has 0 fully saturated rings. The van der Waals surface area contributed by atoms with Gasteiger partial charge in [0.2, 0.25) is 0 Å². The maximum absolute atomic E-state index is 12.3. The van der Waals surface area contributed by atoms with Crippen molar-refractivity contribution in [2.24, 2.45) is 0 Å². The summed E-state index contributed by atoms with van der Waals surface area (Å²) < 4.78 is 6.69. The molecule has 0 radical (unpaired) electrons. The van der Waals surface area contributed by atoms with Gasteiger partial charge >= 0.3 is 5.97 Å². The standard InChI is InChI=1S/C23H26N4O3/c1-3-30-23(29)21-16-26-27(17(21)2)20-12-10-18(11-13-20)22(28)25-15-7-14-24-19-8-5-4-6-9-19/h4-6,8-13,16,24H,3,7,14-15H2,1-2H3,(H,25,28). The van der Waals surface area contributed by atoms with Crippen molar-refractivity contribution >= 4 is 17.6 Å². The van der Waals surface area contributed by atoms with Crippen LogP contribution in [-0.2, 0) is 4.74 Å². The maximum Gasteiger partial charge on any atom is 0.341 e. The van der Waals surface area contributed by atoms with Gasteiger partial charge in [-0.15, -0.1) is 0 Å². The predicted octanol–water partition coefficient (Wildman–Crippen LogP) is 3.59. The highest BCUT2D eigenvalue weighted by atomic mass is 16.5. The number of benzene rings is 2. The second kappa shape index (κ2) is 10.2. The summed E-state index contributed by atoms with van der Waals surface area (Å²) in [4.78, 5) is 24.3. The average molecular weight is 406 g/mol. The molecule has 0 spiro atoms. The van der Waals surface area contributed by atoms with E-state index in [1.54, 1.807) is 35.9 Å². The summed E-state index contributed by atoms with van der Waals surface area (Å²) in [6.07, 6.45) is 2.32. The molecule has 0 aliphatic carbocycles. The van der Waals surface area contributed by atoms with Crippen LogP contribution >= 0.6 is 0 Å². The average Bonchev–Trinajstić information content (AvgIpc) is 3.16. The fraction of sp³-hybridized carbons (Fsp3) is 0.261. The van der Waals surface area contributed by atoms with Crippen molar-refractivity contribution in [3.05, 3.63) is 77.6 Å². The Morgan fingerprint density at radius 2 is 1.77 bits per heavy atom. The van der Waals surface area contributed by atoms with Gasteiger partial charge in [0.15, 0.2) is 0 Å². The summed E-state index contributed by atoms with van der Waals surface area (Å²) in [5.74, 6) is -0.510. The maximum atomic E-state index is 12.3. The van der Waals surface area contributed by atoms with Crippen LogP contribution in [0.15, 0.2) is 60.8 Å². The van der Waals surface area contributed by atoms with Crippen molar-refractivity contribution < 1.29 is 14.3 Å². The van der Waals surface area contributed by atoms with Crippen LogP contribution < -0.4 is 10.6 Å². The zero-order valence-corrected chi connectivity index (χ0v) is 17.2. The van der Waals surface area contributed by atoms with Gasteiger partial charge in [-0.1, -0.05) is 18.2 Å². The van der Waals surface area contributed by atoms with Crippen molar-refractivity contribution in [2.45, 2.75) is 20.3 Å². The summed E-state index contributed by atoms with van der Waals surface area (Å²) in [6.45, 7) is 5.26. The molecule has 0 bridgehead atoms. The Labute approximate surface area is 176 Å². The number of para-hydroxylation sites is 1. The minimum absolute atomic E-state index is 0.120. The third-order valence-electron chi connectivity index (χ3n) is 4.62. The second-order valence-corrected chi connectivity index (χ2v) is 6.73. The molecule has 1 amide bonds. The van der Waals surface area contributed by atoms with Crippen LogP contribution in [0.4, 0.5) is 5.69 Å². The molecule has 0 aliphatic rings. The largest absolute Gasteiger partial charge is 0.462 e. The van der Waals surface area contributed by atoms with Gasteiger partial charge < -0.3 is 15.4 Å². The molecular weight excluding hydrogens is 380 g/mol. The zero-order valence-electron chi connectivity index (χ0n) is 17.2. The number of aromatic nitrogens is 2. The Balaban J connectivity index is 1.51. The van der Waals surface area contributed by atoms with Gasteiger partial charge in [0, 0.05) is 24.3 Å². The molecule has 3 aromatic rings. The first-order valence-electron chi connectivity index (χ1n) is 9.99. The quantitative estimate of drug-likeness (QED) is 0.419. The molecule has 0 saturated carbocycles. The smallest absolute Gasteiger partial charge is 0.341 e. The number of hydrogen-bond donors (Lipinski definition) is 2. The van der Waals surface area contributed by atoms with Gasteiger partial charge in [-0.05, 0) is 56.7 Å². The van der Waals surface area contributed by atoms with E-state index in [4.69, 9.17) is 4.74 Å². The zero-order chi connectivity index (χ0) is 21.3. The summed E-state index contributed by atoms with van der Waals surface area (Å²) in [6, 6.07) is 17.1. The van der Waals surface area contributed by atoms with Gasteiger partial charge in [0.1, 0.15) is 5.56 Å². The number of hydrogen-bond acceptors (Lipinski definition) is 5. The fourth-order valence-corrected chi connectivity index (χ4v) is 3.01. The first kappa shape index (κ1) is 21.1. The predicted molar refractivity (Wildman–Crippen MR) is 116 cm³/mol. The van der Waals surface area contributed by atoms with Crippen LogP contribution in [0.2, 0.25) is 0 Å². The molecule has 0 saturated heterocycles. The molecular formula is C23H26N4O3. The second-order valence-electron chi connectivity index (χ2n) is 6.73. The summed E-state index contributed by atoms with van der Waals surface area (Å²) in [5.41, 5.74) is 3.54. The van der Waals surface area contributed by atoms with Gasteiger partial charge in [-0.3, -0.25) is 4.79 Å². The highest BCUT2D eigenvalue weighted by Crippen LogP contribution is 2.16. The Kier molecular flexibility index (Phi) is 7.21.